The predicted octanol–water partition coefficient (Wildman–Crippen LogP) is 2.67. The second kappa shape index (κ2) is 4.86. The zero-order valence-corrected chi connectivity index (χ0v) is 11.2. The van der Waals surface area contributed by atoms with Gasteiger partial charge in [0.1, 0.15) is 24.0 Å². The number of aromatic nitrogens is 2. The van der Waals surface area contributed by atoms with Crippen LogP contribution in [0.4, 0.5) is 24.8 Å². The van der Waals surface area contributed by atoms with E-state index in [4.69, 9.17) is 0 Å². The van der Waals surface area contributed by atoms with Gasteiger partial charge in [0.15, 0.2) is 0 Å². The van der Waals surface area contributed by atoms with Gasteiger partial charge in [0.25, 0.3) is 0 Å². The lowest BCUT2D eigenvalue weighted by molar-refractivity contribution is -0.120. The Bertz CT molecular complexity index is 469. The Morgan fingerprint density at radius 1 is 1.26 bits per heavy atom. The molecule has 1 N–H and O–H groups in total. The number of alkyl halides is 3. The van der Waals surface area contributed by atoms with Crippen LogP contribution in [0.2, 0.25) is 0 Å². The molecule has 1 aromatic rings. The number of hydrogen-bond donors (Lipinski definition) is 1. The van der Waals surface area contributed by atoms with Crippen molar-refractivity contribution in [3.63, 3.8) is 0 Å². The van der Waals surface area contributed by atoms with Crippen LogP contribution in [0.3, 0.4) is 0 Å². The number of aryl methyl sites for hydroxylation is 1. The van der Waals surface area contributed by atoms with Crippen molar-refractivity contribution in [3.8, 4) is 0 Å². The molecule has 0 radical (unpaired) electrons. The van der Waals surface area contributed by atoms with Crippen LogP contribution in [0.15, 0.2) is 0 Å². The van der Waals surface area contributed by atoms with E-state index in [0.29, 0.717) is 23.0 Å². The smallest absolute Gasteiger partial charge is 0.373 e. The molecule has 106 valence electrons. The van der Waals surface area contributed by atoms with Crippen molar-refractivity contribution in [1.82, 2.24) is 9.97 Å². The molecule has 1 fully saturated rings. The van der Waals surface area contributed by atoms with Crippen molar-refractivity contribution < 1.29 is 13.2 Å². The topological polar surface area (TPSA) is 41.1 Å². The summed E-state index contributed by atoms with van der Waals surface area (Å²) in [5.41, 5.74) is 0.657. The molecule has 1 heterocycles. The lowest BCUT2D eigenvalue weighted by Crippen LogP contribution is -2.37. The Hall–Kier alpha value is -1.53. The van der Waals surface area contributed by atoms with Crippen LogP contribution in [0, 0.1) is 13.8 Å². The van der Waals surface area contributed by atoms with Crippen LogP contribution in [0.25, 0.3) is 0 Å². The molecule has 0 atom stereocenters. The summed E-state index contributed by atoms with van der Waals surface area (Å²) in [6, 6.07) is -0.0562. The number of anilines is 2. The highest BCUT2D eigenvalue weighted by atomic mass is 19.4. The molecule has 0 saturated heterocycles. The van der Waals surface area contributed by atoms with E-state index in [1.807, 2.05) is 0 Å². The molecule has 0 amide bonds. The first-order valence-corrected chi connectivity index (χ1v) is 6.18. The van der Waals surface area contributed by atoms with Crippen molar-refractivity contribution in [2.45, 2.75) is 38.9 Å². The van der Waals surface area contributed by atoms with Crippen molar-refractivity contribution >= 4 is 11.6 Å². The molecule has 0 bridgehead atoms. The highest BCUT2D eigenvalue weighted by Gasteiger charge is 2.39. The molecule has 1 aromatic heterocycles. The summed E-state index contributed by atoms with van der Waals surface area (Å²) in [6.45, 7) is 2.47. The van der Waals surface area contributed by atoms with Gasteiger partial charge in [-0.2, -0.15) is 13.2 Å². The molecule has 0 spiro atoms. The van der Waals surface area contributed by atoms with Gasteiger partial charge in [0.05, 0.1) is 0 Å². The third-order valence-corrected chi connectivity index (χ3v) is 3.08. The summed E-state index contributed by atoms with van der Waals surface area (Å²) in [5, 5.41) is 2.89. The highest BCUT2D eigenvalue weighted by molar-refractivity contribution is 5.59. The summed E-state index contributed by atoms with van der Waals surface area (Å²) < 4.78 is 38.1. The van der Waals surface area contributed by atoms with Gasteiger partial charge in [-0.05, 0) is 26.7 Å². The quantitative estimate of drug-likeness (QED) is 0.916. The predicted molar refractivity (Wildman–Crippen MR) is 67.5 cm³/mol. The third-order valence-electron chi connectivity index (χ3n) is 3.08. The van der Waals surface area contributed by atoms with E-state index in [9.17, 15) is 13.2 Å². The third kappa shape index (κ3) is 3.27. The molecule has 0 aliphatic heterocycles. The second-order valence-electron chi connectivity index (χ2n) is 4.79. The van der Waals surface area contributed by atoms with E-state index >= 15 is 0 Å². The van der Waals surface area contributed by atoms with E-state index in [1.165, 1.54) is 4.90 Å². The number of halogens is 3. The fourth-order valence-corrected chi connectivity index (χ4v) is 2.09. The molecule has 0 unspecified atom stereocenters. The van der Waals surface area contributed by atoms with Crippen LogP contribution < -0.4 is 10.2 Å². The second-order valence-corrected chi connectivity index (χ2v) is 4.79. The number of hydrogen-bond acceptors (Lipinski definition) is 4. The summed E-state index contributed by atoms with van der Waals surface area (Å²) in [4.78, 5) is 9.73. The minimum absolute atomic E-state index is 0.0562. The summed E-state index contributed by atoms with van der Waals surface area (Å²) in [7, 11) is 1.70. The SMILES string of the molecule is CNc1nc(C)nc(N(CC(F)(F)F)C2CC2)c1C. The van der Waals surface area contributed by atoms with Gasteiger partial charge in [-0.3, -0.25) is 0 Å². The molecule has 2 rings (SSSR count). The van der Waals surface area contributed by atoms with E-state index in [0.717, 1.165) is 12.8 Å². The maximum atomic E-state index is 12.7. The minimum Gasteiger partial charge on any atom is -0.373 e. The fourth-order valence-electron chi connectivity index (χ4n) is 2.09. The van der Waals surface area contributed by atoms with Gasteiger partial charge in [-0.25, -0.2) is 9.97 Å². The molecular weight excluding hydrogens is 257 g/mol. The summed E-state index contributed by atoms with van der Waals surface area (Å²) >= 11 is 0. The normalized spacial score (nSPS) is 15.5. The monoisotopic (exact) mass is 274 g/mol. The van der Waals surface area contributed by atoms with Gasteiger partial charge < -0.3 is 10.2 Å². The van der Waals surface area contributed by atoms with Crippen LogP contribution >= 0.6 is 0 Å². The molecule has 0 aromatic carbocycles. The van der Waals surface area contributed by atoms with Gasteiger partial charge in [0.2, 0.25) is 0 Å². The molecule has 7 heteroatoms. The summed E-state index contributed by atoms with van der Waals surface area (Å²) in [5.74, 6) is 1.43. The maximum Gasteiger partial charge on any atom is 0.405 e. The van der Waals surface area contributed by atoms with E-state index in [-0.39, 0.29) is 6.04 Å². The lowest BCUT2D eigenvalue weighted by Gasteiger charge is -2.27. The lowest BCUT2D eigenvalue weighted by atomic mass is 10.2. The molecule has 4 nitrogen and oxygen atoms in total. The van der Waals surface area contributed by atoms with Crippen LogP contribution in [0.1, 0.15) is 24.2 Å². The highest BCUT2D eigenvalue weighted by Crippen LogP contribution is 2.36. The van der Waals surface area contributed by atoms with Gasteiger partial charge >= 0.3 is 6.18 Å². The average Bonchev–Trinajstić information content (AvgIpc) is 3.11. The van der Waals surface area contributed by atoms with E-state index in [2.05, 4.69) is 15.3 Å². The number of nitrogens with zero attached hydrogens (tertiary/aromatic N) is 3. The molecule has 1 aliphatic carbocycles. The fraction of sp³-hybridized carbons (Fsp3) is 0.667. The molecule has 1 aliphatic rings. The van der Waals surface area contributed by atoms with Gasteiger partial charge in [-0.15, -0.1) is 0 Å². The molecular formula is C12H17F3N4. The Morgan fingerprint density at radius 3 is 2.37 bits per heavy atom. The van der Waals surface area contributed by atoms with Gasteiger partial charge in [-0.1, -0.05) is 0 Å². The molecule has 19 heavy (non-hydrogen) atoms. The Morgan fingerprint density at radius 2 is 1.89 bits per heavy atom. The zero-order chi connectivity index (χ0) is 14.2. The average molecular weight is 274 g/mol. The maximum absolute atomic E-state index is 12.7. The van der Waals surface area contributed by atoms with E-state index in [1.54, 1.807) is 20.9 Å². The number of nitrogens with one attached hydrogen (secondary N) is 1. The van der Waals surface area contributed by atoms with Crippen molar-refractivity contribution in [3.05, 3.63) is 11.4 Å². The van der Waals surface area contributed by atoms with Crippen LogP contribution in [-0.4, -0.2) is 35.8 Å². The van der Waals surface area contributed by atoms with Gasteiger partial charge in [0, 0.05) is 18.7 Å². The van der Waals surface area contributed by atoms with Crippen molar-refractivity contribution in [2.24, 2.45) is 0 Å². The first kappa shape index (κ1) is 13.9. The van der Waals surface area contributed by atoms with E-state index < -0.39 is 12.7 Å². The Balaban J connectivity index is 2.39. The summed E-state index contributed by atoms with van der Waals surface area (Å²) in [6.07, 6.45) is -2.66. The molecule has 1 saturated carbocycles. The zero-order valence-electron chi connectivity index (χ0n) is 11.2. The van der Waals surface area contributed by atoms with Crippen LogP contribution in [-0.2, 0) is 0 Å². The first-order chi connectivity index (χ1) is 8.81. The minimum atomic E-state index is -4.23. The first-order valence-electron chi connectivity index (χ1n) is 6.18. The van der Waals surface area contributed by atoms with Crippen LogP contribution in [0.5, 0.6) is 0 Å². The largest absolute Gasteiger partial charge is 0.405 e. The Labute approximate surface area is 110 Å². The van der Waals surface area contributed by atoms with Crippen molar-refractivity contribution in [2.75, 3.05) is 23.8 Å². The standard InChI is InChI=1S/C12H17F3N4/c1-7-10(16-3)17-8(2)18-11(7)19(9-4-5-9)6-12(13,14)15/h9H,4-6H2,1-3H3,(H,16,17,18). The Kier molecular flexibility index (Phi) is 3.56. The number of rotatable bonds is 4. The van der Waals surface area contributed by atoms with Crippen molar-refractivity contribution in [1.29, 1.82) is 0 Å².